The standard InChI is InChI=1S/C27H28Cl2N2O3S/c1-30-27(33)25(15-19-7-4-3-5-8-19)31(16-22-23(28)9-6-10-24(22)29)26(32)18-35-17-20-11-13-21(34-2)14-12-20/h3-14,25H,15-18H2,1-2H3,(H,30,33)/t25-/m1/s1. The SMILES string of the molecule is CNC(=O)[C@@H](Cc1ccccc1)N(Cc1c(Cl)cccc1Cl)C(=O)CSCc1ccc(OC)cc1. The Morgan fingerprint density at radius 2 is 1.60 bits per heavy atom. The number of rotatable bonds is 11. The quantitative estimate of drug-likeness (QED) is 0.349. The van der Waals surface area contributed by atoms with Crippen molar-refractivity contribution < 1.29 is 14.3 Å². The Morgan fingerprint density at radius 3 is 2.20 bits per heavy atom. The van der Waals surface area contributed by atoms with Gasteiger partial charge < -0.3 is 15.0 Å². The van der Waals surface area contributed by atoms with Gasteiger partial charge in [0, 0.05) is 41.4 Å². The fourth-order valence-electron chi connectivity index (χ4n) is 3.64. The third-order valence-electron chi connectivity index (χ3n) is 5.56. The predicted molar refractivity (Wildman–Crippen MR) is 144 cm³/mol. The summed E-state index contributed by atoms with van der Waals surface area (Å²) in [4.78, 5) is 28.1. The molecule has 184 valence electrons. The second-order valence-corrected chi connectivity index (χ2v) is 9.68. The fourth-order valence-corrected chi connectivity index (χ4v) is 5.02. The zero-order chi connectivity index (χ0) is 25.2. The molecule has 1 atom stereocenters. The van der Waals surface area contributed by atoms with Crippen molar-refractivity contribution in [3.05, 3.63) is 99.5 Å². The van der Waals surface area contributed by atoms with Gasteiger partial charge >= 0.3 is 0 Å². The molecule has 5 nitrogen and oxygen atoms in total. The Morgan fingerprint density at radius 1 is 0.943 bits per heavy atom. The number of halogens is 2. The van der Waals surface area contributed by atoms with Gasteiger partial charge in [0.25, 0.3) is 0 Å². The minimum atomic E-state index is -0.719. The van der Waals surface area contributed by atoms with Crippen LogP contribution in [-0.4, -0.2) is 42.7 Å². The van der Waals surface area contributed by atoms with Crippen LogP contribution >= 0.6 is 35.0 Å². The van der Waals surface area contributed by atoms with E-state index in [0.717, 1.165) is 16.9 Å². The molecular weight excluding hydrogens is 503 g/mol. The molecule has 0 fully saturated rings. The third kappa shape index (κ3) is 7.66. The van der Waals surface area contributed by atoms with Gasteiger partial charge in [-0.1, -0.05) is 71.7 Å². The molecule has 0 aromatic heterocycles. The van der Waals surface area contributed by atoms with Crippen LogP contribution in [0.1, 0.15) is 16.7 Å². The summed E-state index contributed by atoms with van der Waals surface area (Å²) in [7, 11) is 3.20. The van der Waals surface area contributed by atoms with E-state index in [-0.39, 0.29) is 24.1 Å². The van der Waals surface area contributed by atoms with Crippen molar-refractivity contribution in [1.29, 1.82) is 0 Å². The van der Waals surface area contributed by atoms with E-state index in [0.29, 0.717) is 27.8 Å². The van der Waals surface area contributed by atoms with Gasteiger partial charge in [-0.15, -0.1) is 11.8 Å². The molecule has 3 rings (SSSR count). The van der Waals surface area contributed by atoms with Gasteiger partial charge in [0.15, 0.2) is 0 Å². The Hall–Kier alpha value is -2.67. The molecule has 0 heterocycles. The zero-order valence-corrected chi connectivity index (χ0v) is 22.0. The van der Waals surface area contributed by atoms with Crippen molar-refractivity contribution in [2.45, 2.75) is 24.8 Å². The smallest absolute Gasteiger partial charge is 0.242 e. The van der Waals surface area contributed by atoms with Crippen molar-refractivity contribution in [3.63, 3.8) is 0 Å². The van der Waals surface area contributed by atoms with Gasteiger partial charge in [0.05, 0.1) is 12.9 Å². The average molecular weight is 532 g/mol. The molecule has 35 heavy (non-hydrogen) atoms. The van der Waals surface area contributed by atoms with E-state index >= 15 is 0 Å². The maximum Gasteiger partial charge on any atom is 0.242 e. The minimum absolute atomic E-state index is 0.130. The third-order valence-corrected chi connectivity index (χ3v) is 7.26. The molecule has 0 unspecified atom stereocenters. The van der Waals surface area contributed by atoms with Crippen LogP contribution < -0.4 is 10.1 Å². The van der Waals surface area contributed by atoms with Crippen LogP contribution in [0.15, 0.2) is 72.8 Å². The summed E-state index contributed by atoms with van der Waals surface area (Å²) in [5, 5.41) is 3.62. The lowest BCUT2D eigenvalue weighted by Gasteiger charge is -2.31. The van der Waals surface area contributed by atoms with Crippen LogP contribution in [0.3, 0.4) is 0 Å². The number of amides is 2. The molecule has 0 aliphatic heterocycles. The lowest BCUT2D eigenvalue weighted by atomic mass is 10.0. The number of benzene rings is 3. The van der Waals surface area contributed by atoms with E-state index in [1.807, 2.05) is 54.6 Å². The lowest BCUT2D eigenvalue weighted by molar-refractivity contribution is -0.139. The normalized spacial score (nSPS) is 11.5. The molecule has 3 aromatic rings. The highest BCUT2D eigenvalue weighted by atomic mass is 35.5. The molecule has 2 amide bonds. The molecule has 0 bridgehead atoms. The topological polar surface area (TPSA) is 58.6 Å². The van der Waals surface area contributed by atoms with Crippen LogP contribution in [-0.2, 0) is 28.3 Å². The first-order valence-corrected chi connectivity index (χ1v) is 13.0. The average Bonchev–Trinajstić information content (AvgIpc) is 2.88. The summed E-state index contributed by atoms with van der Waals surface area (Å²) in [6.45, 7) is 0.130. The van der Waals surface area contributed by atoms with E-state index in [1.165, 1.54) is 11.8 Å². The van der Waals surface area contributed by atoms with E-state index in [4.69, 9.17) is 27.9 Å². The van der Waals surface area contributed by atoms with Crippen LogP contribution in [0, 0.1) is 0 Å². The summed E-state index contributed by atoms with van der Waals surface area (Å²) >= 11 is 14.3. The highest BCUT2D eigenvalue weighted by Gasteiger charge is 2.30. The molecule has 0 spiro atoms. The van der Waals surface area contributed by atoms with Gasteiger partial charge in [-0.25, -0.2) is 0 Å². The minimum Gasteiger partial charge on any atom is -0.497 e. The summed E-state index contributed by atoms with van der Waals surface area (Å²) < 4.78 is 5.20. The number of methoxy groups -OCH3 is 1. The van der Waals surface area contributed by atoms with Crippen molar-refractivity contribution >= 4 is 46.8 Å². The number of ether oxygens (including phenoxy) is 1. The first-order valence-electron chi connectivity index (χ1n) is 11.1. The Bertz CT molecular complexity index is 1110. The van der Waals surface area contributed by atoms with Crippen molar-refractivity contribution in [2.24, 2.45) is 0 Å². The van der Waals surface area contributed by atoms with E-state index in [2.05, 4.69) is 5.32 Å². The largest absolute Gasteiger partial charge is 0.497 e. The summed E-state index contributed by atoms with van der Waals surface area (Å²) in [5.41, 5.74) is 2.65. The molecule has 0 saturated carbocycles. The molecule has 0 radical (unpaired) electrons. The maximum atomic E-state index is 13.5. The summed E-state index contributed by atoms with van der Waals surface area (Å²) in [5.74, 6) is 1.23. The first-order chi connectivity index (χ1) is 16.9. The van der Waals surface area contributed by atoms with E-state index < -0.39 is 6.04 Å². The van der Waals surface area contributed by atoms with Crippen LogP contribution in [0.25, 0.3) is 0 Å². The number of likely N-dealkylation sites (N-methyl/N-ethyl adjacent to an activating group) is 1. The summed E-state index contributed by atoms with van der Waals surface area (Å²) in [6, 6.07) is 21.9. The van der Waals surface area contributed by atoms with Crippen molar-refractivity contribution in [1.82, 2.24) is 10.2 Å². The number of nitrogens with zero attached hydrogens (tertiary/aromatic N) is 1. The molecular formula is C27H28Cl2N2O3S. The molecule has 0 saturated heterocycles. The first kappa shape index (κ1) is 26.9. The number of hydrogen-bond donors (Lipinski definition) is 1. The Balaban J connectivity index is 1.83. The summed E-state index contributed by atoms with van der Waals surface area (Å²) in [6.07, 6.45) is 0.372. The van der Waals surface area contributed by atoms with Crippen molar-refractivity contribution in [3.8, 4) is 5.75 Å². The van der Waals surface area contributed by atoms with E-state index in [1.54, 1.807) is 37.3 Å². The number of nitrogens with one attached hydrogen (secondary N) is 1. The molecule has 3 aromatic carbocycles. The monoisotopic (exact) mass is 530 g/mol. The fraction of sp³-hybridized carbons (Fsp3) is 0.259. The molecule has 0 aliphatic rings. The highest BCUT2D eigenvalue weighted by Crippen LogP contribution is 2.28. The number of hydrogen-bond acceptors (Lipinski definition) is 4. The predicted octanol–water partition coefficient (Wildman–Crippen LogP) is 5.62. The van der Waals surface area contributed by atoms with Gasteiger partial charge in [-0.05, 0) is 35.4 Å². The Kier molecular flexibility index (Phi) is 10.3. The van der Waals surface area contributed by atoms with E-state index in [9.17, 15) is 9.59 Å². The van der Waals surface area contributed by atoms with Crippen LogP contribution in [0.2, 0.25) is 10.0 Å². The Labute approximate surface area is 220 Å². The zero-order valence-electron chi connectivity index (χ0n) is 19.7. The van der Waals surface area contributed by atoms with Gasteiger partial charge in [0.1, 0.15) is 11.8 Å². The number of carbonyl (C=O) groups is 2. The highest BCUT2D eigenvalue weighted by molar-refractivity contribution is 7.99. The van der Waals surface area contributed by atoms with Crippen LogP contribution in [0.5, 0.6) is 5.75 Å². The maximum absolute atomic E-state index is 13.5. The number of thioether (sulfide) groups is 1. The second-order valence-electron chi connectivity index (χ2n) is 7.88. The molecule has 1 N–H and O–H groups in total. The lowest BCUT2D eigenvalue weighted by Crippen LogP contribution is -2.50. The van der Waals surface area contributed by atoms with Crippen LogP contribution in [0.4, 0.5) is 0 Å². The van der Waals surface area contributed by atoms with Gasteiger partial charge in [0.2, 0.25) is 11.8 Å². The van der Waals surface area contributed by atoms with Gasteiger partial charge in [-0.3, -0.25) is 9.59 Å². The molecule has 0 aliphatic carbocycles. The number of carbonyl (C=O) groups excluding carboxylic acids is 2. The molecule has 8 heteroatoms. The second kappa shape index (κ2) is 13.4. The van der Waals surface area contributed by atoms with Gasteiger partial charge in [-0.2, -0.15) is 0 Å². The van der Waals surface area contributed by atoms with Crippen molar-refractivity contribution in [2.75, 3.05) is 19.9 Å².